The standard InChI is InChI=1S/C21H19ClN2O2S/c1-26-18-9-5-3-7-16(18)21(10-11-21)19(25)24-20-23-13-15(27-20)12-14-6-2-4-8-17(14)22/h2-9,13H,10-12H2,1H3,(H,23,24,25). The lowest BCUT2D eigenvalue weighted by molar-refractivity contribution is -0.118. The number of methoxy groups -OCH3 is 1. The molecule has 0 unspecified atom stereocenters. The molecule has 0 spiro atoms. The molecule has 0 bridgehead atoms. The molecule has 0 radical (unpaired) electrons. The predicted octanol–water partition coefficient (Wildman–Crippen LogP) is 5.07. The summed E-state index contributed by atoms with van der Waals surface area (Å²) in [5.41, 5.74) is 1.48. The van der Waals surface area contributed by atoms with Gasteiger partial charge in [0.25, 0.3) is 0 Å². The van der Waals surface area contributed by atoms with Crippen LogP contribution in [-0.2, 0) is 16.6 Å². The van der Waals surface area contributed by atoms with E-state index in [-0.39, 0.29) is 5.91 Å². The van der Waals surface area contributed by atoms with Crippen LogP contribution in [0.5, 0.6) is 5.75 Å². The van der Waals surface area contributed by atoms with Crippen LogP contribution in [0, 0.1) is 0 Å². The lowest BCUT2D eigenvalue weighted by Crippen LogP contribution is -2.28. The molecule has 138 valence electrons. The highest BCUT2D eigenvalue weighted by Crippen LogP contribution is 2.52. The fraction of sp³-hybridized carbons (Fsp3) is 0.238. The first-order chi connectivity index (χ1) is 13.1. The van der Waals surface area contributed by atoms with E-state index in [0.717, 1.165) is 39.6 Å². The molecular weight excluding hydrogens is 380 g/mol. The SMILES string of the molecule is COc1ccccc1C1(C(=O)Nc2ncc(Cc3ccccc3Cl)s2)CC1. The Kier molecular flexibility index (Phi) is 4.89. The number of benzene rings is 2. The first-order valence-electron chi connectivity index (χ1n) is 8.75. The van der Waals surface area contributed by atoms with Crippen LogP contribution >= 0.6 is 22.9 Å². The monoisotopic (exact) mass is 398 g/mol. The fourth-order valence-corrected chi connectivity index (χ4v) is 4.31. The summed E-state index contributed by atoms with van der Waals surface area (Å²) in [5, 5.41) is 4.35. The Labute approximate surface area is 167 Å². The number of hydrogen-bond donors (Lipinski definition) is 1. The Morgan fingerprint density at radius 1 is 1.22 bits per heavy atom. The van der Waals surface area contributed by atoms with E-state index in [0.29, 0.717) is 11.6 Å². The van der Waals surface area contributed by atoms with Gasteiger partial charge >= 0.3 is 0 Å². The van der Waals surface area contributed by atoms with E-state index in [1.54, 1.807) is 13.3 Å². The smallest absolute Gasteiger partial charge is 0.236 e. The summed E-state index contributed by atoms with van der Waals surface area (Å²) < 4.78 is 5.45. The van der Waals surface area contributed by atoms with E-state index in [2.05, 4.69) is 10.3 Å². The second kappa shape index (κ2) is 7.33. The zero-order chi connectivity index (χ0) is 18.9. The molecule has 2 aromatic carbocycles. The van der Waals surface area contributed by atoms with Crippen LogP contribution in [0.1, 0.15) is 28.8 Å². The van der Waals surface area contributed by atoms with E-state index < -0.39 is 5.41 Å². The van der Waals surface area contributed by atoms with Crippen molar-refractivity contribution in [2.75, 3.05) is 12.4 Å². The average molecular weight is 399 g/mol. The maximum absolute atomic E-state index is 13.0. The Morgan fingerprint density at radius 3 is 2.70 bits per heavy atom. The number of nitrogens with zero attached hydrogens (tertiary/aromatic N) is 1. The molecule has 0 saturated heterocycles. The number of hydrogen-bond acceptors (Lipinski definition) is 4. The Balaban J connectivity index is 1.49. The number of anilines is 1. The summed E-state index contributed by atoms with van der Waals surface area (Å²) in [7, 11) is 1.63. The summed E-state index contributed by atoms with van der Waals surface area (Å²) in [6.07, 6.45) is 4.13. The lowest BCUT2D eigenvalue weighted by atomic mass is 9.94. The van der Waals surface area contributed by atoms with E-state index in [1.807, 2.05) is 48.5 Å². The van der Waals surface area contributed by atoms with Crippen molar-refractivity contribution in [3.8, 4) is 5.75 Å². The molecule has 0 aliphatic heterocycles. The Hall–Kier alpha value is -2.37. The highest BCUT2D eigenvalue weighted by molar-refractivity contribution is 7.15. The predicted molar refractivity (Wildman–Crippen MR) is 109 cm³/mol. The summed E-state index contributed by atoms with van der Waals surface area (Å²) in [6, 6.07) is 15.5. The van der Waals surface area contributed by atoms with Crippen LogP contribution in [0.15, 0.2) is 54.7 Å². The minimum absolute atomic E-state index is 0.0226. The van der Waals surface area contributed by atoms with E-state index in [4.69, 9.17) is 16.3 Å². The van der Waals surface area contributed by atoms with Crippen LogP contribution in [-0.4, -0.2) is 18.0 Å². The van der Waals surface area contributed by atoms with Gasteiger partial charge in [0.2, 0.25) is 5.91 Å². The number of rotatable bonds is 6. The van der Waals surface area contributed by atoms with Crippen LogP contribution in [0.4, 0.5) is 5.13 Å². The third kappa shape index (κ3) is 3.57. The molecule has 6 heteroatoms. The van der Waals surface area contributed by atoms with E-state index in [9.17, 15) is 4.79 Å². The van der Waals surface area contributed by atoms with Crippen LogP contribution in [0.2, 0.25) is 5.02 Å². The van der Waals surface area contributed by atoms with Crippen molar-refractivity contribution < 1.29 is 9.53 Å². The molecule has 1 fully saturated rings. The number of halogens is 1. The molecule has 3 aromatic rings. The van der Waals surface area contributed by atoms with Gasteiger partial charge in [-0.2, -0.15) is 0 Å². The summed E-state index contributed by atoms with van der Waals surface area (Å²) in [4.78, 5) is 18.4. The normalized spacial score (nSPS) is 14.6. The van der Waals surface area contributed by atoms with E-state index in [1.165, 1.54) is 11.3 Å². The topological polar surface area (TPSA) is 51.2 Å². The number of carbonyl (C=O) groups excluding carboxylic acids is 1. The fourth-order valence-electron chi connectivity index (χ4n) is 3.28. The first-order valence-corrected chi connectivity index (χ1v) is 9.95. The molecule has 1 aliphatic carbocycles. The highest BCUT2D eigenvalue weighted by atomic mass is 35.5. The molecule has 1 N–H and O–H groups in total. The van der Waals surface area contributed by atoms with Crippen LogP contribution in [0.25, 0.3) is 0 Å². The van der Waals surface area contributed by atoms with Crippen molar-refractivity contribution in [2.45, 2.75) is 24.7 Å². The third-order valence-electron chi connectivity index (χ3n) is 4.90. The van der Waals surface area contributed by atoms with Crippen molar-refractivity contribution in [3.05, 3.63) is 75.8 Å². The van der Waals surface area contributed by atoms with Gasteiger partial charge in [-0.15, -0.1) is 11.3 Å². The lowest BCUT2D eigenvalue weighted by Gasteiger charge is -2.17. The summed E-state index contributed by atoms with van der Waals surface area (Å²) in [5.74, 6) is 0.731. The summed E-state index contributed by atoms with van der Waals surface area (Å²) >= 11 is 7.71. The molecule has 1 aliphatic rings. The maximum Gasteiger partial charge on any atom is 0.236 e. The van der Waals surface area contributed by atoms with Crippen molar-refractivity contribution in [1.82, 2.24) is 4.98 Å². The zero-order valence-electron chi connectivity index (χ0n) is 14.9. The van der Waals surface area contributed by atoms with Gasteiger partial charge in [0.15, 0.2) is 5.13 Å². The second-order valence-corrected chi connectivity index (χ2v) is 8.16. The number of para-hydroxylation sites is 1. The van der Waals surface area contributed by atoms with Crippen LogP contribution in [0.3, 0.4) is 0 Å². The van der Waals surface area contributed by atoms with Crippen molar-refractivity contribution >= 4 is 34.0 Å². The number of carbonyl (C=O) groups is 1. The van der Waals surface area contributed by atoms with Gasteiger partial charge in [0.05, 0.1) is 12.5 Å². The van der Waals surface area contributed by atoms with Crippen molar-refractivity contribution in [2.24, 2.45) is 0 Å². The van der Waals surface area contributed by atoms with E-state index >= 15 is 0 Å². The highest BCUT2D eigenvalue weighted by Gasteiger charge is 2.53. The maximum atomic E-state index is 13.0. The minimum Gasteiger partial charge on any atom is -0.496 e. The van der Waals surface area contributed by atoms with Gasteiger partial charge < -0.3 is 10.1 Å². The molecule has 0 atom stereocenters. The van der Waals surface area contributed by atoms with Gasteiger partial charge in [0.1, 0.15) is 5.75 Å². The largest absolute Gasteiger partial charge is 0.496 e. The average Bonchev–Trinajstić information content (AvgIpc) is 3.39. The van der Waals surface area contributed by atoms with Crippen LogP contribution < -0.4 is 10.1 Å². The number of amides is 1. The van der Waals surface area contributed by atoms with Gasteiger partial charge in [-0.25, -0.2) is 4.98 Å². The molecule has 1 aromatic heterocycles. The minimum atomic E-state index is -0.513. The molecule has 1 heterocycles. The molecule has 1 saturated carbocycles. The molecule has 4 rings (SSSR count). The zero-order valence-corrected chi connectivity index (χ0v) is 16.4. The quantitative estimate of drug-likeness (QED) is 0.630. The second-order valence-electron chi connectivity index (χ2n) is 6.64. The molecule has 1 amide bonds. The van der Waals surface area contributed by atoms with Crippen molar-refractivity contribution in [3.63, 3.8) is 0 Å². The number of ether oxygens (including phenoxy) is 1. The Bertz CT molecular complexity index is 982. The Morgan fingerprint density at radius 2 is 1.96 bits per heavy atom. The van der Waals surface area contributed by atoms with Gasteiger partial charge in [-0.3, -0.25) is 4.79 Å². The molecule has 4 nitrogen and oxygen atoms in total. The number of thiazole rings is 1. The first kappa shape index (κ1) is 18.0. The molecule has 27 heavy (non-hydrogen) atoms. The summed E-state index contributed by atoms with van der Waals surface area (Å²) in [6.45, 7) is 0. The van der Waals surface area contributed by atoms with Gasteiger partial charge in [-0.1, -0.05) is 48.0 Å². The van der Waals surface area contributed by atoms with Gasteiger partial charge in [-0.05, 0) is 30.5 Å². The van der Waals surface area contributed by atoms with Gasteiger partial charge in [0, 0.05) is 28.1 Å². The number of nitrogens with one attached hydrogen (secondary N) is 1. The number of aromatic nitrogens is 1. The molecular formula is C21H19ClN2O2S. The van der Waals surface area contributed by atoms with Crippen molar-refractivity contribution in [1.29, 1.82) is 0 Å². The third-order valence-corrected chi connectivity index (χ3v) is 6.19.